The Morgan fingerprint density at radius 3 is 2.47 bits per heavy atom. The second-order valence-electron chi connectivity index (χ2n) is 8.97. The highest BCUT2D eigenvalue weighted by Crippen LogP contribution is 2.52. The summed E-state index contributed by atoms with van der Waals surface area (Å²) in [6.45, 7) is 4.42. The van der Waals surface area contributed by atoms with E-state index in [2.05, 4.69) is 5.32 Å². The average Bonchev–Trinajstić information content (AvgIpc) is 2.96. The molecule has 0 aromatic heterocycles. The number of aliphatic hydroxyl groups excluding tert-OH is 1. The van der Waals surface area contributed by atoms with Gasteiger partial charge in [-0.15, -0.1) is 0 Å². The molecule has 2 aliphatic rings. The van der Waals surface area contributed by atoms with Crippen LogP contribution in [0.4, 0.5) is 10.1 Å². The minimum atomic E-state index is -0.796. The first-order valence-corrected chi connectivity index (χ1v) is 11.0. The molecule has 2 aromatic carbocycles. The molecule has 4 rings (SSSR count). The molecule has 5 heteroatoms. The summed E-state index contributed by atoms with van der Waals surface area (Å²) in [6, 6.07) is 14.0. The van der Waals surface area contributed by atoms with E-state index in [9.17, 15) is 14.3 Å². The fraction of sp³-hybridized carbons (Fsp3) is 0.480. The van der Waals surface area contributed by atoms with Crippen LogP contribution in [0.5, 0.6) is 0 Å². The predicted molar refractivity (Wildman–Crippen MR) is 117 cm³/mol. The van der Waals surface area contributed by atoms with Crippen LogP contribution in [0, 0.1) is 5.82 Å². The summed E-state index contributed by atoms with van der Waals surface area (Å²) in [4.78, 5) is 15.7. The van der Waals surface area contributed by atoms with E-state index in [0.717, 1.165) is 48.9 Å². The molecule has 2 aromatic rings. The van der Waals surface area contributed by atoms with Gasteiger partial charge in [-0.3, -0.25) is 4.79 Å². The molecule has 1 saturated carbocycles. The molecule has 1 aliphatic heterocycles. The van der Waals surface area contributed by atoms with Gasteiger partial charge in [0.15, 0.2) is 0 Å². The summed E-state index contributed by atoms with van der Waals surface area (Å²) in [5.41, 5.74) is 1.73. The Morgan fingerprint density at radius 2 is 1.80 bits per heavy atom. The van der Waals surface area contributed by atoms with Crippen molar-refractivity contribution in [1.82, 2.24) is 5.32 Å². The number of rotatable bonds is 6. The number of halogens is 1. The molecule has 1 fully saturated rings. The van der Waals surface area contributed by atoms with Crippen molar-refractivity contribution in [2.75, 3.05) is 11.4 Å². The number of hydrogen-bond acceptors (Lipinski definition) is 3. The second-order valence-corrected chi connectivity index (χ2v) is 8.97. The Hall–Kier alpha value is -2.24. The summed E-state index contributed by atoms with van der Waals surface area (Å²) < 4.78 is 14.3. The Labute approximate surface area is 178 Å². The first kappa shape index (κ1) is 21.0. The molecule has 1 amide bonds. The van der Waals surface area contributed by atoms with Crippen LogP contribution in [0.3, 0.4) is 0 Å². The summed E-state index contributed by atoms with van der Waals surface area (Å²) in [7, 11) is 0. The van der Waals surface area contributed by atoms with Crippen molar-refractivity contribution in [2.24, 2.45) is 0 Å². The highest BCUT2D eigenvalue weighted by atomic mass is 19.1. The number of benzene rings is 2. The van der Waals surface area contributed by atoms with E-state index in [0.29, 0.717) is 6.54 Å². The summed E-state index contributed by atoms with van der Waals surface area (Å²) >= 11 is 0. The van der Waals surface area contributed by atoms with Crippen molar-refractivity contribution >= 4 is 11.6 Å². The first-order valence-electron chi connectivity index (χ1n) is 11.0. The average molecular weight is 411 g/mol. The van der Waals surface area contributed by atoms with E-state index < -0.39 is 17.6 Å². The van der Waals surface area contributed by atoms with Gasteiger partial charge in [0.2, 0.25) is 5.91 Å². The standard InChI is InChI=1S/C25H31FN2O2/c1-17(2)27-16-22(29)23(18-9-5-3-6-10-18)28-21-12-11-19(26)15-20(21)25(24(28)30)13-7-4-8-14-25/h3,5-6,9-12,15,17,22-23,27,29H,4,7-8,13-14,16H2,1-2H3. The predicted octanol–water partition coefficient (Wildman–Crippen LogP) is 4.47. The van der Waals surface area contributed by atoms with E-state index in [4.69, 9.17) is 0 Å². The van der Waals surface area contributed by atoms with E-state index in [1.165, 1.54) is 6.07 Å². The zero-order valence-corrected chi connectivity index (χ0v) is 17.8. The smallest absolute Gasteiger partial charge is 0.238 e. The number of fused-ring (bicyclic) bond motifs is 2. The topological polar surface area (TPSA) is 52.6 Å². The van der Waals surface area contributed by atoms with Crippen molar-refractivity contribution in [3.05, 3.63) is 65.5 Å². The Kier molecular flexibility index (Phi) is 5.94. The molecular weight excluding hydrogens is 379 g/mol. The summed E-state index contributed by atoms with van der Waals surface area (Å²) in [5, 5.41) is 14.5. The van der Waals surface area contributed by atoms with Crippen molar-refractivity contribution in [3.8, 4) is 0 Å². The molecule has 2 N–H and O–H groups in total. The maximum atomic E-state index is 14.3. The lowest BCUT2D eigenvalue weighted by Crippen LogP contribution is -2.48. The number of nitrogens with one attached hydrogen (secondary N) is 1. The van der Waals surface area contributed by atoms with Gasteiger partial charge >= 0.3 is 0 Å². The third-order valence-corrected chi connectivity index (χ3v) is 6.59. The van der Waals surface area contributed by atoms with E-state index >= 15 is 0 Å². The largest absolute Gasteiger partial charge is 0.389 e. The fourth-order valence-electron chi connectivity index (χ4n) is 5.13. The zero-order valence-electron chi connectivity index (χ0n) is 17.8. The minimum absolute atomic E-state index is 0.000231. The highest BCUT2D eigenvalue weighted by molar-refractivity contribution is 6.08. The number of nitrogens with zero attached hydrogens (tertiary/aromatic N) is 1. The summed E-state index contributed by atoms with van der Waals surface area (Å²) in [5.74, 6) is -0.313. The lowest BCUT2D eigenvalue weighted by molar-refractivity contribution is -0.125. The third-order valence-electron chi connectivity index (χ3n) is 6.59. The summed E-state index contributed by atoms with van der Waals surface area (Å²) in [6.07, 6.45) is 3.70. The van der Waals surface area contributed by atoms with Crippen molar-refractivity contribution in [3.63, 3.8) is 0 Å². The minimum Gasteiger partial charge on any atom is -0.389 e. The number of hydrogen-bond donors (Lipinski definition) is 2. The van der Waals surface area contributed by atoms with E-state index in [1.54, 1.807) is 17.0 Å². The van der Waals surface area contributed by atoms with Crippen LogP contribution in [-0.4, -0.2) is 29.7 Å². The molecule has 4 nitrogen and oxygen atoms in total. The first-order chi connectivity index (χ1) is 14.4. The number of anilines is 1. The van der Waals surface area contributed by atoms with Crippen molar-refractivity contribution in [2.45, 2.75) is 69.6 Å². The Bertz CT molecular complexity index is 893. The van der Waals surface area contributed by atoms with Crippen LogP contribution in [0.2, 0.25) is 0 Å². The monoisotopic (exact) mass is 410 g/mol. The van der Waals surface area contributed by atoms with Gasteiger partial charge in [-0.1, -0.05) is 63.4 Å². The van der Waals surface area contributed by atoms with Crippen LogP contribution in [0.1, 0.15) is 63.1 Å². The number of carbonyl (C=O) groups excluding carboxylic acids is 1. The van der Waals surface area contributed by atoms with Gasteiger partial charge in [-0.2, -0.15) is 0 Å². The molecule has 2 unspecified atom stereocenters. The van der Waals surface area contributed by atoms with Gasteiger partial charge in [0, 0.05) is 18.3 Å². The van der Waals surface area contributed by atoms with Crippen LogP contribution in [0.25, 0.3) is 0 Å². The van der Waals surface area contributed by atoms with E-state index in [1.807, 2.05) is 44.2 Å². The van der Waals surface area contributed by atoms with Gasteiger partial charge in [-0.25, -0.2) is 4.39 Å². The Morgan fingerprint density at radius 1 is 1.10 bits per heavy atom. The molecule has 0 saturated heterocycles. The number of carbonyl (C=O) groups is 1. The third kappa shape index (κ3) is 3.65. The molecule has 160 valence electrons. The molecule has 1 spiro atoms. The van der Waals surface area contributed by atoms with Gasteiger partial charge in [0.05, 0.1) is 17.6 Å². The van der Waals surface area contributed by atoms with Gasteiger partial charge in [0.25, 0.3) is 0 Å². The van der Waals surface area contributed by atoms with Gasteiger partial charge < -0.3 is 15.3 Å². The normalized spacial score (nSPS) is 19.9. The molecule has 1 aliphatic carbocycles. The SMILES string of the molecule is CC(C)NCC(O)C(c1ccccc1)N1C(=O)C2(CCCCC2)c2cc(F)ccc21. The maximum Gasteiger partial charge on any atom is 0.238 e. The molecule has 30 heavy (non-hydrogen) atoms. The number of amides is 1. The van der Waals surface area contributed by atoms with Crippen molar-refractivity contribution in [1.29, 1.82) is 0 Å². The lowest BCUT2D eigenvalue weighted by atomic mass is 9.70. The van der Waals surface area contributed by atoms with Crippen LogP contribution in [0.15, 0.2) is 48.5 Å². The lowest BCUT2D eigenvalue weighted by Gasteiger charge is -2.36. The van der Waals surface area contributed by atoms with E-state index in [-0.39, 0.29) is 17.8 Å². The van der Waals surface area contributed by atoms with Crippen LogP contribution in [-0.2, 0) is 10.2 Å². The van der Waals surface area contributed by atoms with Crippen LogP contribution < -0.4 is 10.2 Å². The van der Waals surface area contributed by atoms with Crippen LogP contribution >= 0.6 is 0 Å². The van der Waals surface area contributed by atoms with Crippen molar-refractivity contribution < 1.29 is 14.3 Å². The highest BCUT2D eigenvalue weighted by Gasteiger charge is 2.53. The quantitative estimate of drug-likeness (QED) is 0.739. The second kappa shape index (κ2) is 8.48. The molecule has 0 bridgehead atoms. The zero-order chi connectivity index (χ0) is 21.3. The Balaban J connectivity index is 1.81. The van der Waals surface area contributed by atoms with Gasteiger partial charge in [0.1, 0.15) is 5.82 Å². The maximum absolute atomic E-state index is 14.3. The molecule has 2 atom stereocenters. The number of aliphatic hydroxyl groups is 1. The van der Waals surface area contributed by atoms with Gasteiger partial charge in [-0.05, 0) is 42.2 Å². The molecule has 0 radical (unpaired) electrons. The molecule has 1 heterocycles. The molecular formula is C25H31FN2O2. The fourth-order valence-corrected chi connectivity index (χ4v) is 5.13.